The van der Waals surface area contributed by atoms with Crippen molar-refractivity contribution in [1.82, 2.24) is 9.78 Å². The first-order valence-corrected chi connectivity index (χ1v) is 6.97. The maximum Gasteiger partial charge on any atom is 0.153 e. The number of nitrogens with zero attached hydrogens (tertiary/aromatic N) is 2. The van der Waals surface area contributed by atoms with Gasteiger partial charge in [-0.25, -0.2) is 4.68 Å². The number of benzene rings is 1. The summed E-state index contributed by atoms with van der Waals surface area (Å²) >= 11 is 6.17. The van der Waals surface area contributed by atoms with Gasteiger partial charge in [-0.15, -0.1) is 0 Å². The number of halogens is 1. The van der Waals surface area contributed by atoms with Crippen LogP contribution in [0.3, 0.4) is 0 Å². The maximum atomic E-state index is 11.2. The third kappa shape index (κ3) is 2.30. The Morgan fingerprint density at radius 3 is 2.68 bits per heavy atom. The summed E-state index contributed by atoms with van der Waals surface area (Å²) in [5, 5.41) is 5.23. The van der Waals surface area contributed by atoms with E-state index in [1.807, 2.05) is 24.3 Å². The zero-order chi connectivity index (χ0) is 13.2. The van der Waals surface area contributed by atoms with E-state index in [-0.39, 0.29) is 0 Å². The molecule has 0 atom stereocenters. The van der Waals surface area contributed by atoms with Crippen LogP contribution in [0.2, 0.25) is 5.02 Å². The second kappa shape index (κ2) is 5.17. The van der Waals surface area contributed by atoms with E-state index in [1.54, 1.807) is 10.9 Å². The lowest BCUT2D eigenvalue weighted by atomic mass is 10.0. The summed E-state index contributed by atoms with van der Waals surface area (Å²) in [7, 11) is 0. The van der Waals surface area contributed by atoms with Gasteiger partial charge in [0.05, 0.1) is 22.0 Å². The van der Waals surface area contributed by atoms with Crippen LogP contribution < -0.4 is 0 Å². The summed E-state index contributed by atoms with van der Waals surface area (Å²) in [6.45, 7) is 0. The molecule has 0 radical (unpaired) electrons. The summed E-state index contributed by atoms with van der Waals surface area (Å²) < 4.78 is 1.72. The van der Waals surface area contributed by atoms with Crippen molar-refractivity contribution in [1.29, 1.82) is 0 Å². The average molecular weight is 275 g/mol. The Bertz CT molecular complexity index is 600. The number of rotatable bonds is 3. The van der Waals surface area contributed by atoms with Gasteiger partial charge in [-0.3, -0.25) is 4.79 Å². The Labute approximate surface area is 117 Å². The van der Waals surface area contributed by atoms with E-state index >= 15 is 0 Å². The van der Waals surface area contributed by atoms with Gasteiger partial charge in [-0.1, -0.05) is 36.6 Å². The van der Waals surface area contributed by atoms with E-state index in [0.717, 1.165) is 30.5 Å². The molecule has 0 saturated heterocycles. The van der Waals surface area contributed by atoms with Gasteiger partial charge in [0.15, 0.2) is 6.29 Å². The monoisotopic (exact) mass is 274 g/mol. The molecule has 98 valence electrons. The molecule has 0 aliphatic heterocycles. The smallest absolute Gasteiger partial charge is 0.153 e. The molecular weight excluding hydrogens is 260 g/mol. The lowest BCUT2D eigenvalue weighted by molar-refractivity contribution is 0.112. The summed E-state index contributed by atoms with van der Waals surface area (Å²) in [4.78, 5) is 11.2. The zero-order valence-corrected chi connectivity index (χ0v) is 11.3. The summed E-state index contributed by atoms with van der Waals surface area (Å²) in [6.07, 6.45) is 7.38. The van der Waals surface area contributed by atoms with E-state index < -0.39 is 0 Å². The van der Waals surface area contributed by atoms with Crippen molar-refractivity contribution in [2.45, 2.75) is 31.6 Å². The zero-order valence-electron chi connectivity index (χ0n) is 10.6. The molecule has 4 heteroatoms. The van der Waals surface area contributed by atoms with Gasteiger partial charge in [0.25, 0.3) is 0 Å². The molecular formula is C15H15ClN2O. The summed E-state index contributed by atoms with van der Waals surface area (Å²) in [5.74, 6) is 0.420. The number of carbonyl (C=O) groups excluding carboxylic acids is 1. The van der Waals surface area contributed by atoms with E-state index in [2.05, 4.69) is 5.10 Å². The molecule has 0 N–H and O–H groups in total. The normalized spacial score (nSPS) is 15.8. The molecule has 3 nitrogen and oxygen atoms in total. The Balaban J connectivity index is 2.04. The molecule has 1 saturated carbocycles. The molecule has 2 aromatic rings. The third-order valence-electron chi connectivity index (χ3n) is 3.74. The van der Waals surface area contributed by atoms with E-state index in [9.17, 15) is 4.79 Å². The van der Waals surface area contributed by atoms with Crippen molar-refractivity contribution >= 4 is 17.9 Å². The summed E-state index contributed by atoms with van der Waals surface area (Å²) in [6, 6.07) is 7.53. The van der Waals surface area contributed by atoms with Gasteiger partial charge in [0, 0.05) is 12.1 Å². The minimum Gasteiger partial charge on any atom is -0.298 e. The highest BCUT2D eigenvalue weighted by Gasteiger charge is 2.23. The minimum atomic E-state index is 0.420. The predicted molar refractivity (Wildman–Crippen MR) is 75.2 cm³/mol. The van der Waals surface area contributed by atoms with Gasteiger partial charge in [0.1, 0.15) is 0 Å². The quantitative estimate of drug-likeness (QED) is 0.793. The lowest BCUT2D eigenvalue weighted by Crippen LogP contribution is -2.00. The fourth-order valence-electron chi connectivity index (χ4n) is 2.77. The largest absolute Gasteiger partial charge is 0.298 e. The molecule has 0 bridgehead atoms. The van der Waals surface area contributed by atoms with Gasteiger partial charge in [0.2, 0.25) is 0 Å². The minimum absolute atomic E-state index is 0.420. The van der Waals surface area contributed by atoms with Crippen LogP contribution in [-0.2, 0) is 0 Å². The van der Waals surface area contributed by atoms with Crippen molar-refractivity contribution in [3.8, 4) is 5.69 Å². The van der Waals surface area contributed by atoms with Crippen LogP contribution in [0.1, 0.15) is 47.7 Å². The van der Waals surface area contributed by atoms with Crippen molar-refractivity contribution in [3.63, 3.8) is 0 Å². The Morgan fingerprint density at radius 2 is 2.00 bits per heavy atom. The van der Waals surface area contributed by atoms with Crippen molar-refractivity contribution in [2.75, 3.05) is 0 Å². The van der Waals surface area contributed by atoms with E-state index in [0.29, 0.717) is 16.5 Å². The van der Waals surface area contributed by atoms with Crippen LogP contribution in [0.15, 0.2) is 30.5 Å². The van der Waals surface area contributed by atoms with E-state index in [1.165, 1.54) is 12.8 Å². The van der Waals surface area contributed by atoms with Gasteiger partial charge in [-0.2, -0.15) is 5.10 Å². The first-order chi connectivity index (χ1) is 9.29. The fourth-order valence-corrected chi connectivity index (χ4v) is 2.99. The van der Waals surface area contributed by atoms with Crippen molar-refractivity contribution in [3.05, 3.63) is 46.7 Å². The second-order valence-electron chi connectivity index (χ2n) is 4.96. The van der Waals surface area contributed by atoms with Crippen molar-refractivity contribution in [2.24, 2.45) is 0 Å². The highest BCUT2D eigenvalue weighted by atomic mass is 35.5. The molecule has 1 aromatic carbocycles. The van der Waals surface area contributed by atoms with E-state index in [4.69, 9.17) is 11.6 Å². The number of carbonyl (C=O) groups is 1. The number of para-hydroxylation sites is 1. The first-order valence-electron chi connectivity index (χ1n) is 6.59. The van der Waals surface area contributed by atoms with Crippen LogP contribution >= 0.6 is 11.6 Å². The molecule has 0 unspecified atom stereocenters. The van der Waals surface area contributed by atoms with Gasteiger partial charge in [-0.05, 0) is 25.0 Å². The Morgan fingerprint density at radius 1 is 1.26 bits per heavy atom. The first kappa shape index (κ1) is 12.4. The Kier molecular flexibility index (Phi) is 3.38. The standard InChI is InChI=1S/C15H15ClN2O/c16-13-7-3-4-8-14(13)18-9-12(10-19)15(17-18)11-5-1-2-6-11/h3-4,7-11H,1-2,5-6H2. The van der Waals surface area contributed by atoms with Crippen LogP contribution in [-0.4, -0.2) is 16.1 Å². The predicted octanol–water partition coefficient (Wildman–Crippen LogP) is 4.00. The van der Waals surface area contributed by atoms with Gasteiger partial charge < -0.3 is 0 Å². The highest BCUT2D eigenvalue weighted by molar-refractivity contribution is 6.32. The molecule has 1 aliphatic rings. The number of aromatic nitrogens is 2. The SMILES string of the molecule is O=Cc1cn(-c2ccccc2Cl)nc1C1CCCC1. The van der Waals surface area contributed by atoms with Crippen LogP contribution in [0.25, 0.3) is 5.69 Å². The average Bonchev–Trinajstić information content (AvgIpc) is 3.08. The number of hydrogen-bond donors (Lipinski definition) is 0. The molecule has 0 amide bonds. The second-order valence-corrected chi connectivity index (χ2v) is 5.37. The van der Waals surface area contributed by atoms with Crippen LogP contribution in [0.4, 0.5) is 0 Å². The highest BCUT2D eigenvalue weighted by Crippen LogP contribution is 2.35. The Hall–Kier alpha value is -1.61. The molecule has 3 rings (SSSR count). The fraction of sp³-hybridized carbons (Fsp3) is 0.333. The van der Waals surface area contributed by atoms with Gasteiger partial charge >= 0.3 is 0 Å². The topological polar surface area (TPSA) is 34.9 Å². The molecule has 1 heterocycles. The number of hydrogen-bond acceptors (Lipinski definition) is 2. The molecule has 19 heavy (non-hydrogen) atoms. The van der Waals surface area contributed by atoms with Crippen molar-refractivity contribution < 1.29 is 4.79 Å². The third-order valence-corrected chi connectivity index (χ3v) is 4.06. The van der Waals surface area contributed by atoms with Crippen LogP contribution in [0, 0.1) is 0 Å². The number of aldehydes is 1. The van der Waals surface area contributed by atoms with Crippen LogP contribution in [0.5, 0.6) is 0 Å². The maximum absolute atomic E-state index is 11.2. The molecule has 1 aromatic heterocycles. The lowest BCUT2D eigenvalue weighted by Gasteiger charge is -2.06. The molecule has 1 aliphatic carbocycles. The summed E-state index contributed by atoms with van der Waals surface area (Å²) in [5.41, 5.74) is 2.43. The molecule has 0 spiro atoms. The molecule has 1 fully saturated rings.